The molecule has 0 saturated carbocycles. The normalized spacial score (nSPS) is 12.2. The molecule has 132 valence electrons. The molecule has 1 nitrogen and oxygen atoms in total. The Morgan fingerprint density at radius 3 is 1.28 bits per heavy atom. The quantitative estimate of drug-likeness (QED) is 0.480. The first-order valence-corrected chi connectivity index (χ1v) is 8.90. The molecule has 0 aliphatic rings. The average molecular weight is 409 g/mol. The Bertz CT molecular complexity index is 658. The number of hydrogen-bond donors (Lipinski definition) is 0. The minimum atomic E-state index is -4.80. The molecule has 0 aromatic heterocycles. The van der Waals surface area contributed by atoms with E-state index in [1.54, 1.807) is 0 Å². The van der Waals surface area contributed by atoms with Crippen molar-refractivity contribution >= 4 is 41.7 Å². The van der Waals surface area contributed by atoms with Crippen molar-refractivity contribution < 1.29 is 43.5 Å². The van der Waals surface area contributed by atoms with Crippen molar-refractivity contribution in [3.05, 3.63) is 59.7 Å². The van der Waals surface area contributed by atoms with Crippen molar-refractivity contribution in [3.8, 4) is 0 Å². The second kappa shape index (κ2) is 8.30. The van der Waals surface area contributed by atoms with E-state index in [2.05, 4.69) is 0 Å². The van der Waals surface area contributed by atoms with E-state index in [0.29, 0.717) is 12.1 Å². The van der Waals surface area contributed by atoms with Crippen LogP contribution in [0.15, 0.2) is 48.5 Å². The first-order valence-electron chi connectivity index (χ1n) is 6.49. The Hall–Kier alpha value is -0.747. The third-order valence-electron chi connectivity index (χ3n) is 3.49. The number of benzene rings is 2. The Balaban J connectivity index is 0.00000288. The van der Waals surface area contributed by atoms with Gasteiger partial charge < -0.3 is 17.2 Å². The van der Waals surface area contributed by atoms with Crippen LogP contribution in [0, 0.1) is 0 Å². The molecular formula is C15H11ClF6MgOSi. The standard InChI is InChI=1S/C15H11F6OSi.ClH.Mg/c1-23(22,12-8-4-2-6-10(12)14(16,17)18)13-9-5-3-7-11(13)15(19,20)21;;/h2-9H,1H3;1H;/q-1;;+2/p-1. The predicted molar refractivity (Wildman–Crippen MR) is 79.5 cm³/mol. The smallest absolute Gasteiger partial charge is 1.00 e. The SMILES string of the molecule is C[Si]([O-])(c1ccccc1C(F)(F)F)c1ccccc1C(F)(F)F.[Cl-].[Mg+2]. The van der Waals surface area contributed by atoms with Crippen molar-refractivity contribution in [2.75, 3.05) is 0 Å². The summed E-state index contributed by atoms with van der Waals surface area (Å²) in [7, 11) is -4.45. The molecule has 2 rings (SSSR count). The summed E-state index contributed by atoms with van der Waals surface area (Å²) in [6.07, 6.45) is -9.61. The van der Waals surface area contributed by atoms with Crippen LogP contribution < -0.4 is 27.6 Å². The maximum atomic E-state index is 13.1. The Morgan fingerprint density at radius 1 is 0.720 bits per heavy atom. The summed E-state index contributed by atoms with van der Waals surface area (Å²) in [6, 6.07) is 8.03. The van der Waals surface area contributed by atoms with Crippen LogP contribution in [0.1, 0.15) is 11.1 Å². The van der Waals surface area contributed by atoms with Crippen molar-refractivity contribution in [2.45, 2.75) is 18.9 Å². The molecule has 2 aromatic carbocycles. The van der Waals surface area contributed by atoms with Crippen LogP contribution >= 0.6 is 0 Å². The fraction of sp³-hybridized carbons (Fsp3) is 0.200. The molecule has 0 atom stereocenters. The minimum Gasteiger partial charge on any atom is -1.00 e. The van der Waals surface area contributed by atoms with Crippen LogP contribution in [-0.2, 0) is 12.4 Å². The zero-order valence-corrected chi connectivity index (χ0v) is 16.1. The van der Waals surface area contributed by atoms with E-state index < -0.39 is 42.2 Å². The van der Waals surface area contributed by atoms with Crippen LogP contribution in [0.25, 0.3) is 0 Å². The van der Waals surface area contributed by atoms with Gasteiger partial charge in [-0.05, 0) is 0 Å². The van der Waals surface area contributed by atoms with Crippen LogP contribution in [0.2, 0.25) is 6.55 Å². The van der Waals surface area contributed by atoms with Crippen molar-refractivity contribution in [2.24, 2.45) is 0 Å². The zero-order valence-electron chi connectivity index (χ0n) is 12.9. The van der Waals surface area contributed by atoms with Gasteiger partial charge in [-0.25, -0.2) is 0 Å². The molecule has 0 amide bonds. The molecule has 0 heterocycles. The maximum absolute atomic E-state index is 13.1. The molecule has 25 heavy (non-hydrogen) atoms. The van der Waals surface area contributed by atoms with Gasteiger partial charge in [-0.2, -0.15) is 26.3 Å². The third kappa shape index (κ3) is 5.13. The Morgan fingerprint density at radius 2 is 1.00 bits per heavy atom. The van der Waals surface area contributed by atoms with Crippen LogP contribution in [0.5, 0.6) is 0 Å². The van der Waals surface area contributed by atoms with E-state index in [1.807, 2.05) is 0 Å². The van der Waals surface area contributed by atoms with Crippen LogP contribution in [-0.4, -0.2) is 31.4 Å². The first-order chi connectivity index (χ1) is 10.5. The van der Waals surface area contributed by atoms with Gasteiger partial charge >= 0.3 is 35.4 Å². The average Bonchev–Trinajstić information content (AvgIpc) is 2.45. The molecule has 10 heteroatoms. The second-order valence-corrected chi connectivity index (χ2v) is 8.26. The number of rotatable bonds is 2. The molecule has 0 saturated heterocycles. The monoisotopic (exact) mass is 408 g/mol. The molecule has 0 bridgehead atoms. The van der Waals surface area contributed by atoms with Crippen molar-refractivity contribution in [1.29, 1.82) is 0 Å². The number of alkyl halides is 6. The predicted octanol–water partition coefficient (Wildman–Crippen LogP) is -0.603. The van der Waals surface area contributed by atoms with Gasteiger partial charge in [0.05, 0.1) is 11.1 Å². The van der Waals surface area contributed by atoms with E-state index in [4.69, 9.17) is 0 Å². The van der Waals surface area contributed by atoms with Gasteiger partial charge in [-0.15, -0.1) is 0 Å². The first kappa shape index (κ1) is 24.3. The Labute approximate surface area is 163 Å². The molecule has 0 fully saturated rings. The molecule has 0 unspecified atom stereocenters. The summed E-state index contributed by atoms with van der Waals surface area (Å²) >= 11 is 0. The molecular weight excluding hydrogens is 398 g/mol. The van der Waals surface area contributed by atoms with E-state index in [-0.39, 0.29) is 35.5 Å². The fourth-order valence-corrected chi connectivity index (χ4v) is 5.03. The van der Waals surface area contributed by atoms with Gasteiger partial charge in [-0.3, -0.25) is 0 Å². The minimum absolute atomic E-state index is 0. The maximum Gasteiger partial charge on any atom is 2.00 e. The second-order valence-electron chi connectivity index (χ2n) is 5.12. The van der Waals surface area contributed by atoms with E-state index in [9.17, 15) is 31.1 Å². The molecule has 0 radical (unpaired) electrons. The van der Waals surface area contributed by atoms with E-state index in [0.717, 1.165) is 30.8 Å². The van der Waals surface area contributed by atoms with Gasteiger partial charge in [0, 0.05) is 8.32 Å². The fourth-order valence-electron chi connectivity index (χ4n) is 2.44. The zero-order chi connectivity index (χ0) is 17.5. The van der Waals surface area contributed by atoms with Crippen molar-refractivity contribution in [1.82, 2.24) is 0 Å². The summed E-state index contributed by atoms with van der Waals surface area (Å²) in [5.41, 5.74) is -2.36. The number of hydrogen-bond acceptors (Lipinski definition) is 1. The topological polar surface area (TPSA) is 23.1 Å². The van der Waals surface area contributed by atoms with Gasteiger partial charge in [0.25, 0.3) is 0 Å². The van der Waals surface area contributed by atoms with Gasteiger partial charge in [0.2, 0.25) is 0 Å². The van der Waals surface area contributed by atoms with E-state index in [1.165, 1.54) is 12.1 Å². The van der Waals surface area contributed by atoms with Gasteiger partial charge in [-0.1, -0.05) is 65.5 Å². The largest absolute Gasteiger partial charge is 2.00 e. The summed E-state index contributed by atoms with van der Waals surface area (Å²) in [5.74, 6) is 0. The number of halogens is 7. The van der Waals surface area contributed by atoms with Crippen molar-refractivity contribution in [3.63, 3.8) is 0 Å². The van der Waals surface area contributed by atoms with Gasteiger partial charge in [0.1, 0.15) is 0 Å². The molecule has 0 aliphatic heterocycles. The summed E-state index contributed by atoms with van der Waals surface area (Å²) in [4.78, 5) is 13.0. The summed E-state index contributed by atoms with van der Waals surface area (Å²) < 4.78 is 78.5. The van der Waals surface area contributed by atoms with Crippen LogP contribution in [0.3, 0.4) is 0 Å². The third-order valence-corrected chi connectivity index (χ3v) is 6.42. The summed E-state index contributed by atoms with van der Waals surface area (Å²) in [6.45, 7) is 0.947. The summed E-state index contributed by atoms with van der Waals surface area (Å²) in [5, 5.41) is -1.21. The van der Waals surface area contributed by atoms with Crippen LogP contribution in [0.4, 0.5) is 26.3 Å². The molecule has 0 aliphatic carbocycles. The molecule has 0 N–H and O–H groups in total. The van der Waals surface area contributed by atoms with E-state index >= 15 is 0 Å². The molecule has 2 aromatic rings. The Kier molecular flexibility index (Phi) is 8.05. The van der Waals surface area contributed by atoms with Gasteiger partial charge in [0.15, 0.2) is 0 Å². The molecule has 0 spiro atoms.